The van der Waals surface area contributed by atoms with Gasteiger partial charge in [0.1, 0.15) is 5.75 Å². The molecule has 1 atom stereocenters. The summed E-state index contributed by atoms with van der Waals surface area (Å²) in [6.07, 6.45) is -1.32. The predicted molar refractivity (Wildman–Crippen MR) is 52.8 cm³/mol. The molecule has 1 aromatic rings. The Labute approximate surface area is 89.3 Å². The van der Waals surface area contributed by atoms with E-state index < -0.39 is 12.1 Å². The summed E-state index contributed by atoms with van der Waals surface area (Å²) >= 11 is 3.07. The van der Waals surface area contributed by atoms with Crippen LogP contribution in [-0.2, 0) is 9.53 Å². The molecule has 0 spiro atoms. The second-order valence-electron chi connectivity index (χ2n) is 2.64. The minimum absolute atomic E-state index is 0.0471. The maximum Gasteiger partial charge on any atom is 0.339 e. The Kier molecular flexibility index (Phi) is 3.49. The first-order valence-electron chi connectivity index (χ1n) is 3.80. The van der Waals surface area contributed by atoms with E-state index in [9.17, 15) is 15.0 Å². The Morgan fingerprint density at radius 1 is 1.57 bits per heavy atom. The van der Waals surface area contributed by atoms with Crippen LogP contribution in [0.3, 0.4) is 0 Å². The van der Waals surface area contributed by atoms with Crippen molar-refractivity contribution in [2.45, 2.75) is 6.10 Å². The van der Waals surface area contributed by atoms with E-state index in [1.165, 1.54) is 25.3 Å². The first kappa shape index (κ1) is 11.0. The Morgan fingerprint density at radius 3 is 2.71 bits per heavy atom. The standard InChI is InChI=1S/C9H9BrO4/c1-14-9(13)8(12)5-2-3-7(11)6(10)4-5/h2-4,8,11-12H,1H3. The molecule has 5 heteroatoms. The molecule has 1 aromatic carbocycles. The molecule has 0 aromatic heterocycles. The van der Waals surface area contributed by atoms with Crippen LogP contribution in [0.5, 0.6) is 5.75 Å². The predicted octanol–water partition coefficient (Wildman–Crippen LogP) is 1.36. The summed E-state index contributed by atoms with van der Waals surface area (Å²) < 4.78 is 4.78. The van der Waals surface area contributed by atoms with Crippen molar-refractivity contribution in [3.8, 4) is 5.75 Å². The molecule has 14 heavy (non-hydrogen) atoms. The van der Waals surface area contributed by atoms with E-state index in [0.717, 1.165) is 0 Å². The molecule has 1 rings (SSSR count). The average Bonchev–Trinajstić information content (AvgIpc) is 2.20. The van der Waals surface area contributed by atoms with Gasteiger partial charge in [0.05, 0.1) is 11.6 Å². The number of esters is 1. The maximum absolute atomic E-state index is 11.0. The number of hydrogen-bond acceptors (Lipinski definition) is 4. The van der Waals surface area contributed by atoms with Gasteiger partial charge in [0.25, 0.3) is 0 Å². The SMILES string of the molecule is COC(=O)C(O)c1ccc(O)c(Br)c1. The van der Waals surface area contributed by atoms with Crippen molar-refractivity contribution in [1.29, 1.82) is 0 Å². The molecule has 0 aliphatic heterocycles. The Morgan fingerprint density at radius 2 is 2.21 bits per heavy atom. The molecule has 0 heterocycles. The van der Waals surface area contributed by atoms with Crippen molar-refractivity contribution >= 4 is 21.9 Å². The quantitative estimate of drug-likeness (QED) is 0.789. The molecule has 1 unspecified atom stereocenters. The molecule has 0 saturated heterocycles. The van der Waals surface area contributed by atoms with Crippen LogP contribution in [-0.4, -0.2) is 23.3 Å². The molecule has 0 bridgehead atoms. The van der Waals surface area contributed by atoms with Crippen LogP contribution >= 0.6 is 15.9 Å². The smallest absolute Gasteiger partial charge is 0.339 e. The third kappa shape index (κ3) is 2.24. The van der Waals surface area contributed by atoms with Gasteiger partial charge in [-0.05, 0) is 33.6 Å². The summed E-state index contributed by atoms with van der Waals surface area (Å²) in [5, 5.41) is 18.6. The van der Waals surface area contributed by atoms with Crippen molar-refractivity contribution in [3.05, 3.63) is 28.2 Å². The molecule has 0 saturated carbocycles. The van der Waals surface area contributed by atoms with Crippen LogP contribution < -0.4 is 0 Å². The van der Waals surface area contributed by atoms with Gasteiger partial charge in [-0.2, -0.15) is 0 Å². The number of hydrogen-bond donors (Lipinski definition) is 2. The van der Waals surface area contributed by atoms with Gasteiger partial charge in [0.15, 0.2) is 6.10 Å². The lowest BCUT2D eigenvalue weighted by molar-refractivity contribution is -0.150. The summed E-state index contributed by atoms with van der Waals surface area (Å²) in [6, 6.07) is 4.28. The van der Waals surface area contributed by atoms with Crippen molar-refractivity contribution < 1.29 is 19.7 Å². The van der Waals surface area contributed by atoms with Gasteiger partial charge >= 0.3 is 5.97 Å². The number of carbonyl (C=O) groups is 1. The van der Waals surface area contributed by atoms with Gasteiger partial charge in [0.2, 0.25) is 0 Å². The van der Waals surface area contributed by atoms with Crippen molar-refractivity contribution in [2.75, 3.05) is 7.11 Å². The molecule has 76 valence electrons. The van der Waals surface area contributed by atoms with Gasteiger partial charge in [-0.25, -0.2) is 4.79 Å². The second-order valence-corrected chi connectivity index (χ2v) is 3.49. The van der Waals surface area contributed by atoms with Gasteiger partial charge in [-0.15, -0.1) is 0 Å². The van der Waals surface area contributed by atoms with Crippen LogP contribution in [0.1, 0.15) is 11.7 Å². The number of methoxy groups -OCH3 is 1. The van der Waals surface area contributed by atoms with Gasteiger partial charge in [-0.1, -0.05) is 6.07 Å². The summed E-state index contributed by atoms with van der Waals surface area (Å²) in [4.78, 5) is 11.0. The van der Waals surface area contributed by atoms with Crippen molar-refractivity contribution in [1.82, 2.24) is 0 Å². The minimum Gasteiger partial charge on any atom is -0.507 e. The van der Waals surface area contributed by atoms with Crippen LogP contribution in [0.4, 0.5) is 0 Å². The number of aliphatic hydroxyl groups excluding tert-OH is 1. The summed E-state index contributed by atoms with van der Waals surface area (Å²) in [7, 11) is 1.20. The fourth-order valence-corrected chi connectivity index (χ4v) is 1.34. The first-order valence-corrected chi connectivity index (χ1v) is 4.60. The molecule has 0 aliphatic rings. The van der Waals surface area contributed by atoms with Gasteiger partial charge < -0.3 is 14.9 Å². The van der Waals surface area contributed by atoms with Crippen LogP contribution in [0, 0.1) is 0 Å². The zero-order valence-corrected chi connectivity index (χ0v) is 8.98. The summed E-state index contributed by atoms with van der Waals surface area (Å²) in [6.45, 7) is 0. The zero-order chi connectivity index (χ0) is 10.7. The number of aromatic hydroxyl groups is 1. The molecule has 0 aliphatic carbocycles. The van der Waals surface area contributed by atoms with Crippen molar-refractivity contribution in [3.63, 3.8) is 0 Å². The average molecular weight is 261 g/mol. The highest BCUT2D eigenvalue weighted by Crippen LogP contribution is 2.27. The normalized spacial score (nSPS) is 12.2. The first-order chi connectivity index (χ1) is 6.56. The highest BCUT2D eigenvalue weighted by atomic mass is 79.9. The lowest BCUT2D eigenvalue weighted by atomic mass is 10.1. The minimum atomic E-state index is -1.32. The zero-order valence-electron chi connectivity index (χ0n) is 7.40. The molecule has 0 amide bonds. The van der Waals surface area contributed by atoms with Crippen LogP contribution in [0.15, 0.2) is 22.7 Å². The maximum atomic E-state index is 11.0. The topological polar surface area (TPSA) is 66.8 Å². The largest absolute Gasteiger partial charge is 0.507 e. The third-order valence-electron chi connectivity index (χ3n) is 1.71. The molecule has 4 nitrogen and oxygen atoms in total. The third-order valence-corrected chi connectivity index (χ3v) is 2.35. The Balaban J connectivity index is 2.96. The molecule has 2 N–H and O–H groups in total. The highest BCUT2D eigenvalue weighted by Gasteiger charge is 2.18. The lowest BCUT2D eigenvalue weighted by Gasteiger charge is -2.09. The number of halogens is 1. The number of phenolic OH excluding ortho intramolecular Hbond substituents is 1. The fourth-order valence-electron chi connectivity index (χ4n) is 0.941. The number of phenols is 1. The Bertz CT molecular complexity index is 351. The monoisotopic (exact) mass is 260 g/mol. The second kappa shape index (κ2) is 4.43. The van der Waals surface area contributed by atoms with E-state index >= 15 is 0 Å². The van der Waals surface area contributed by atoms with Crippen LogP contribution in [0.2, 0.25) is 0 Å². The van der Waals surface area contributed by atoms with E-state index in [1.54, 1.807) is 0 Å². The number of carbonyl (C=O) groups excluding carboxylic acids is 1. The fraction of sp³-hybridized carbons (Fsp3) is 0.222. The summed E-state index contributed by atoms with van der Waals surface area (Å²) in [5.74, 6) is -0.687. The van der Waals surface area contributed by atoms with Gasteiger partial charge in [-0.3, -0.25) is 0 Å². The number of aliphatic hydroxyl groups is 1. The van der Waals surface area contributed by atoms with Gasteiger partial charge in [0, 0.05) is 0 Å². The van der Waals surface area contributed by atoms with Crippen molar-refractivity contribution in [2.24, 2.45) is 0 Å². The molecule has 0 fully saturated rings. The molecule has 0 radical (unpaired) electrons. The highest BCUT2D eigenvalue weighted by molar-refractivity contribution is 9.10. The van der Waals surface area contributed by atoms with E-state index in [-0.39, 0.29) is 5.75 Å². The van der Waals surface area contributed by atoms with E-state index in [4.69, 9.17) is 0 Å². The number of benzene rings is 1. The van der Waals surface area contributed by atoms with E-state index in [0.29, 0.717) is 10.0 Å². The lowest BCUT2D eigenvalue weighted by Crippen LogP contribution is -2.13. The van der Waals surface area contributed by atoms with E-state index in [1.807, 2.05) is 0 Å². The van der Waals surface area contributed by atoms with Crippen LogP contribution in [0.25, 0.3) is 0 Å². The molecular formula is C9H9BrO4. The molecular weight excluding hydrogens is 252 g/mol. The van der Waals surface area contributed by atoms with E-state index in [2.05, 4.69) is 20.7 Å². The number of rotatable bonds is 2. The Hall–Kier alpha value is -1.07. The number of ether oxygens (including phenoxy) is 1. The summed E-state index contributed by atoms with van der Waals surface area (Å²) in [5.41, 5.74) is 0.363.